The molecular formula is C19H16N2. The Labute approximate surface area is 124 Å². The molecule has 2 aromatic carbocycles. The fraction of sp³-hybridized carbons (Fsp3) is 0.105. The zero-order valence-corrected chi connectivity index (χ0v) is 11.7. The number of nitrogens with one attached hydrogen (secondary N) is 1. The Morgan fingerprint density at radius 3 is 2.62 bits per heavy atom. The molecule has 0 fully saturated rings. The van der Waals surface area contributed by atoms with E-state index in [9.17, 15) is 0 Å². The van der Waals surface area contributed by atoms with Crippen LogP contribution in [-0.2, 0) is 6.42 Å². The summed E-state index contributed by atoms with van der Waals surface area (Å²) in [4.78, 5) is 7.30. The number of aromatic amines is 1. The molecule has 1 unspecified atom stereocenters. The summed E-state index contributed by atoms with van der Waals surface area (Å²) in [6.45, 7) is 0. The van der Waals surface area contributed by atoms with Gasteiger partial charge in [-0.25, -0.2) is 4.98 Å². The van der Waals surface area contributed by atoms with Crippen LogP contribution in [0.25, 0.3) is 11.6 Å². The minimum absolute atomic E-state index is 0.423. The molecule has 0 bridgehead atoms. The summed E-state index contributed by atoms with van der Waals surface area (Å²) in [6.07, 6.45) is 6.90. The molecule has 1 aliphatic rings. The first kappa shape index (κ1) is 12.2. The van der Waals surface area contributed by atoms with E-state index in [4.69, 9.17) is 0 Å². The van der Waals surface area contributed by atoms with Gasteiger partial charge in [-0.2, -0.15) is 0 Å². The summed E-state index contributed by atoms with van der Waals surface area (Å²) < 4.78 is 0. The first-order valence-corrected chi connectivity index (χ1v) is 7.25. The molecule has 3 aromatic rings. The molecule has 0 saturated carbocycles. The third-order valence-electron chi connectivity index (χ3n) is 4.16. The molecule has 102 valence electrons. The monoisotopic (exact) mass is 272 g/mol. The van der Waals surface area contributed by atoms with Crippen LogP contribution < -0.4 is 0 Å². The molecule has 1 aromatic heterocycles. The Bertz CT molecular complexity index is 770. The number of aromatic nitrogens is 2. The predicted molar refractivity (Wildman–Crippen MR) is 85.8 cm³/mol. The van der Waals surface area contributed by atoms with Crippen LogP contribution in [0.15, 0.2) is 67.1 Å². The number of imidazole rings is 1. The van der Waals surface area contributed by atoms with Gasteiger partial charge in [-0.1, -0.05) is 54.6 Å². The van der Waals surface area contributed by atoms with Crippen molar-refractivity contribution >= 4 is 11.6 Å². The van der Waals surface area contributed by atoms with Gasteiger partial charge in [0.05, 0.1) is 18.2 Å². The third kappa shape index (κ3) is 2.19. The van der Waals surface area contributed by atoms with Crippen LogP contribution in [0.2, 0.25) is 0 Å². The number of rotatable bonds is 2. The second-order valence-corrected chi connectivity index (χ2v) is 5.43. The minimum atomic E-state index is 0.423. The number of H-pyrrole nitrogens is 1. The number of nitrogens with zero attached hydrogens (tertiary/aromatic N) is 1. The molecule has 4 rings (SSSR count). The Kier molecular flexibility index (Phi) is 2.93. The number of fused-ring (bicyclic) bond motifs is 1. The van der Waals surface area contributed by atoms with Gasteiger partial charge in [0.15, 0.2) is 0 Å². The third-order valence-corrected chi connectivity index (χ3v) is 4.16. The van der Waals surface area contributed by atoms with Crippen molar-refractivity contribution < 1.29 is 0 Å². The highest BCUT2D eigenvalue weighted by molar-refractivity contribution is 5.88. The van der Waals surface area contributed by atoms with E-state index in [1.54, 1.807) is 6.33 Å². The van der Waals surface area contributed by atoms with Gasteiger partial charge in [-0.3, -0.25) is 0 Å². The standard InChI is InChI=1S/C19H16N2/c1-2-6-14(7-3-1)18-10-15-8-4-5-9-17(15)19(18)11-16-12-20-13-21-16/h1-9,11-13,18H,10H2,(H,20,21)/b19-11-. The SMILES string of the molecule is C(=C1\c2ccccc2CC1c1ccccc1)/c1cnc[nH]1. The largest absolute Gasteiger partial charge is 0.345 e. The Balaban J connectivity index is 1.85. The second kappa shape index (κ2) is 5.06. The van der Waals surface area contributed by atoms with Crippen LogP contribution in [0.4, 0.5) is 0 Å². The van der Waals surface area contributed by atoms with Crippen LogP contribution in [0.1, 0.15) is 28.3 Å². The van der Waals surface area contributed by atoms with Crippen LogP contribution >= 0.6 is 0 Å². The summed E-state index contributed by atoms with van der Waals surface area (Å²) >= 11 is 0. The smallest absolute Gasteiger partial charge is 0.0924 e. The average molecular weight is 272 g/mol. The molecule has 21 heavy (non-hydrogen) atoms. The lowest BCUT2D eigenvalue weighted by molar-refractivity contribution is 0.900. The lowest BCUT2D eigenvalue weighted by atomic mass is 9.91. The van der Waals surface area contributed by atoms with Crippen molar-refractivity contribution in [3.05, 3.63) is 89.5 Å². The van der Waals surface area contributed by atoms with Crippen molar-refractivity contribution in [2.24, 2.45) is 0 Å². The first-order valence-electron chi connectivity index (χ1n) is 7.25. The molecule has 0 aliphatic heterocycles. The molecule has 2 nitrogen and oxygen atoms in total. The van der Waals surface area contributed by atoms with Gasteiger partial charge < -0.3 is 4.98 Å². The predicted octanol–water partition coefficient (Wildman–Crippen LogP) is 4.29. The van der Waals surface area contributed by atoms with Crippen molar-refractivity contribution in [2.75, 3.05) is 0 Å². The fourth-order valence-corrected chi connectivity index (χ4v) is 3.17. The fourth-order valence-electron chi connectivity index (χ4n) is 3.17. The maximum absolute atomic E-state index is 4.12. The maximum Gasteiger partial charge on any atom is 0.0924 e. The molecule has 1 aliphatic carbocycles. The molecule has 0 radical (unpaired) electrons. The number of allylic oxidation sites excluding steroid dienone is 1. The molecule has 2 heteroatoms. The Hall–Kier alpha value is -2.61. The highest BCUT2D eigenvalue weighted by atomic mass is 14.8. The second-order valence-electron chi connectivity index (χ2n) is 5.43. The van der Waals surface area contributed by atoms with E-state index in [1.165, 1.54) is 22.3 Å². The molecule has 1 heterocycles. The lowest BCUT2D eigenvalue weighted by Crippen LogP contribution is -1.97. The zero-order valence-electron chi connectivity index (χ0n) is 11.7. The van der Waals surface area contributed by atoms with Gasteiger partial charge in [0.2, 0.25) is 0 Å². The van der Waals surface area contributed by atoms with Gasteiger partial charge in [-0.15, -0.1) is 0 Å². The van der Waals surface area contributed by atoms with Gasteiger partial charge in [0.25, 0.3) is 0 Å². The van der Waals surface area contributed by atoms with Crippen LogP contribution in [-0.4, -0.2) is 9.97 Å². The highest BCUT2D eigenvalue weighted by Gasteiger charge is 2.27. The molecule has 0 amide bonds. The van der Waals surface area contributed by atoms with Gasteiger partial charge in [0, 0.05) is 5.92 Å². The van der Waals surface area contributed by atoms with Crippen LogP contribution in [0.5, 0.6) is 0 Å². The van der Waals surface area contributed by atoms with Crippen molar-refractivity contribution in [3.8, 4) is 0 Å². The maximum atomic E-state index is 4.12. The quantitative estimate of drug-likeness (QED) is 0.740. The van der Waals surface area contributed by atoms with E-state index in [2.05, 4.69) is 70.6 Å². The molecule has 0 spiro atoms. The highest BCUT2D eigenvalue weighted by Crippen LogP contribution is 2.43. The van der Waals surface area contributed by atoms with Gasteiger partial charge in [0.1, 0.15) is 0 Å². The lowest BCUT2D eigenvalue weighted by Gasteiger charge is -2.13. The van der Waals surface area contributed by atoms with Crippen LogP contribution in [0.3, 0.4) is 0 Å². The summed E-state index contributed by atoms with van der Waals surface area (Å²) in [5, 5.41) is 0. The Morgan fingerprint density at radius 2 is 1.81 bits per heavy atom. The summed E-state index contributed by atoms with van der Waals surface area (Å²) in [5.74, 6) is 0.423. The van der Waals surface area contributed by atoms with E-state index >= 15 is 0 Å². The van der Waals surface area contributed by atoms with Gasteiger partial charge in [-0.05, 0) is 34.8 Å². The minimum Gasteiger partial charge on any atom is -0.345 e. The topological polar surface area (TPSA) is 28.7 Å². The van der Waals surface area contributed by atoms with E-state index in [1.807, 2.05) is 6.20 Å². The summed E-state index contributed by atoms with van der Waals surface area (Å²) in [6, 6.07) is 19.4. The van der Waals surface area contributed by atoms with E-state index in [0.717, 1.165) is 12.1 Å². The normalized spacial score (nSPS) is 18.9. The Morgan fingerprint density at radius 1 is 1.00 bits per heavy atom. The molecule has 1 atom stereocenters. The number of hydrogen-bond donors (Lipinski definition) is 1. The number of benzene rings is 2. The van der Waals surface area contributed by atoms with Crippen LogP contribution in [0, 0.1) is 0 Å². The van der Waals surface area contributed by atoms with Crippen molar-refractivity contribution in [3.63, 3.8) is 0 Å². The van der Waals surface area contributed by atoms with E-state index < -0.39 is 0 Å². The van der Waals surface area contributed by atoms with Gasteiger partial charge >= 0.3 is 0 Å². The molecule has 1 N–H and O–H groups in total. The summed E-state index contributed by atoms with van der Waals surface area (Å²) in [5.41, 5.74) is 6.60. The van der Waals surface area contributed by atoms with Crippen molar-refractivity contribution in [1.29, 1.82) is 0 Å². The first-order chi connectivity index (χ1) is 10.4. The molecular weight excluding hydrogens is 256 g/mol. The van der Waals surface area contributed by atoms with Crippen molar-refractivity contribution in [2.45, 2.75) is 12.3 Å². The van der Waals surface area contributed by atoms with E-state index in [0.29, 0.717) is 5.92 Å². The van der Waals surface area contributed by atoms with Crippen molar-refractivity contribution in [1.82, 2.24) is 9.97 Å². The number of hydrogen-bond acceptors (Lipinski definition) is 1. The van der Waals surface area contributed by atoms with E-state index in [-0.39, 0.29) is 0 Å². The summed E-state index contributed by atoms with van der Waals surface area (Å²) in [7, 11) is 0. The zero-order chi connectivity index (χ0) is 14.1. The molecule has 0 saturated heterocycles. The average Bonchev–Trinajstić information content (AvgIpc) is 3.17.